The molecule has 1 aliphatic rings. The highest BCUT2D eigenvalue weighted by Gasteiger charge is 2.37. The van der Waals surface area contributed by atoms with E-state index in [1.54, 1.807) is 6.07 Å². The lowest BCUT2D eigenvalue weighted by Gasteiger charge is -2.28. The minimum Gasteiger partial charge on any atom is -0.428 e. The Morgan fingerprint density at radius 3 is 2.66 bits per heavy atom. The zero-order chi connectivity index (χ0) is 23.7. The van der Waals surface area contributed by atoms with E-state index in [0.29, 0.717) is 6.07 Å². The van der Waals surface area contributed by atoms with Crippen LogP contribution in [0.1, 0.15) is 39.7 Å². The van der Waals surface area contributed by atoms with Crippen LogP contribution in [-0.4, -0.2) is 23.5 Å². The second-order valence-electron chi connectivity index (χ2n) is 7.09. The van der Waals surface area contributed by atoms with E-state index in [1.807, 2.05) is 0 Å². The third kappa shape index (κ3) is 4.59. The molecular formula is C21H15F5N4O2. The van der Waals surface area contributed by atoms with E-state index in [1.165, 1.54) is 25.1 Å². The van der Waals surface area contributed by atoms with Crippen LogP contribution in [0.4, 0.5) is 22.0 Å². The highest BCUT2D eigenvalue weighted by Crippen LogP contribution is 2.35. The summed E-state index contributed by atoms with van der Waals surface area (Å²) < 4.78 is 72.6. The van der Waals surface area contributed by atoms with Crippen LogP contribution >= 0.6 is 0 Å². The van der Waals surface area contributed by atoms with Gasteiger partial charge in [0.05, 0.1) is 11.1 Å². The normalized spacial score (nSPS) is 18.3. The third-order valence-corrected chi connectivity index (χ3v) is 4.68. The summed E-state index contributed by atoms with van der Waals surface area (Å²) in [6.45, 7) is 0.419. The molecule has 0 spiro atoms. The van der Waals surface area contributed by atoms with Crippen LogP contribution in [0, 0.1) is 17.1 Å². The van der Waals surface area contributed by atoms with Crippen molar-refractivity contribution in [3.05, 3.63) is 76.1 Å². The van der Waals surface area contributed by atoms with Crippen LogP contribution in [0.25, 0.3) is 0 Å². The Balaban J connectivity index is 1.99. The quantitative estimate of drug-likeness (QED) is 0.549. The number of nitrogens with zero attached hydrogens (tertiary/aromatic N) is 3. The van der Waals surface area contributed by atoms with Gasteiger partial charge in [-0.25, -0.2) is 13.8 Å². The van der Waals surface area contributed by atoms with Gasteiger partial charge in [0.15, 0.2) is 5.78 Å². The molecule has 32 heavy (non-hydrogen) atoms. The lowest BCUT2D eigenvalue weighted by atomic mass is 9.88. The second kappa shape index (κ2) is 8.37. The van der Waals surface area contributed by atoms with E-state index in [2.05, 4.69) is 9.98 Å². The first-order chi connectivity index (χ1) is 15.0. The summed E-state index contributed by atoms with van der Waals surface area (Å²) in [6, 6.07) is 5.17. The highest BCUT2D eigenvalue weighted by molar-refractivity contribution is 5.97. The lowest BCUT2D eigenvalue weighted by molar-refractivity contribution is -0.138. The van der Waals surface area contributed by atoms with E-state index >= 15 is 0 Å². The molecular weight excluding hydrogens is 435 g/mol. The van der Waals surface area contributed by atoms with Crippen molar-refractivity contribution in [2.75, 3.05) is 6.67 Å². The molecule has 2 heterocycles. The predicted octanol–water partition coefficient (Wildman–Crippen LogP) is 3.95. The van der Waals surface area contributed by atoms with Gasteiger partial charge < -0.3 is 10.5 Å². The second-order valence-corrected chi connectivity index (χ2v) is 7.09. The summed E-state index contributed by atoms with van der Waals surface area (Å²) >= 11 is 0. The Morgan fingerprint density at radius 2 is 2.03 bits per heavy atom. The van der Waals surface area contributed by atoms with Crippen molar-refractivity contribution in [2.24, 2.45) is 10.7 Å². The number of benzene rings is 1. The van der Waals surface area contributed by atoms with E-state index in [9.17, 15) is 26.7 Å². The van der Waals surface area contributed by atoms with E-state index in [4.69, 9.17) is 15.7 Å². The maximum atomic E-state index is 14.6. The van der Waals surface area contributed by atoms with Crippen molar-refractivity contribution >= 4 is 11.8 Å². The van der Waals surface area contributed by atoms with E-state index in [-0.39, 0.29) is 28.5 Å². The van der Waals surface area contributed by atoms with Crippen LogP contribution in [0.5, 0.6) is 0 Å². The van der Waals surface area contributed by atoms with Crippen molar-refractivity contribution in [1.82, 2.24) is 4.98 Å². The van der Waals surface area contributed by atoms with Crippen molar-refractivity contribution in [2.45, 2.75) is 25.1 Å². The standard InChI is InChI=1S/C21H15F5N4O2/c1-20(7-13(8-22)32-19(28)30-20)14-4-11(2-3-16(14)23)6-17(31)18-15(21(24,25)26)5-12(9-27)10-29-18/h2-5,7,10H,6,8H2,1H3,(H2,28,30)/t20-/m0/s1. The monoisotopic (exact) mass is 450 g/mol. The minimum atomic E-state index is -4.91. The topological polar surface area (TPSA) is 101 Å². The molecule has 11 heteroatoms. The number of nitrogens with two attached hydrogens (primary N) is 1. The number of alkyl halides is 4. The number of pyridine rings is 1. The molecule has 1 aliphatic heterocycles. The Kier molecular flexibility index (Phi) is 5.98. The van der Waals surface area contributed by atoms with Gasteiger partial charge in [-0.05, 0) is 36.8 Å². The Labute approximate surface area is 178 Å². The first kappa shape index (κ1) is 22.9. The fourth-order valence-electron chi connectivity index (χ4n) is 3.27. The van der Waals surface area contributed by atoms with Gasteiger partial charge in [0.2, 0.25) is 0 Å². The molecule has 0 saturated carbocycles. The van der Waals surface area contributed by atoms with Gasteiger partial charge in [0.1, 0.15) is 35.6 Å². The van der Waals surface area contributed by atoms with Crippen molar-refractivity contribution < 1.29 is 31.5 Å². The van der Waals surface area contributed by atoms with Crippen LogP contribution in [0.2, 0.25) is 0 Å². The Morgan fingerprint density at radius 1 is 1.31 bits per heavy atom. The maximum absolute atomic E-state index is 14.6. The number of carbonyl (C=O) groups excluding carboxylic acids is 1. The molecule has 0 amide bonds. The molecule has 0 unspecified atom stereocenters. The summed E-state index contributed by atoms with van der Waals surface area (Å²) in [7, 11) is 0. The molecule has 0 bridgehead atoms. The van der Waals surface area contributed by atoms with Gasteiger partial charge in [-0.15, -0.1) is 0 Å². The average Bonchev–Trinajstić information content (AvgIpc) is 2.73. The summed E-state index contributed by atoms with van der Waals surface area (Å²) in [5, 5.41) is 8.82. The summed E-state index contributed by atoms with van der Waals surface area (Å²) in [5.41, 5.74) is 1.62. The molecule has 2 aromatic rings. The molecule has 2 N–H and O–H groups in total. The Bertz CT molecular complexity index is 1180. The molecule has 1 aromatic heterocycles. The predicted molar refractivity (Wildman–Crippen MR) is 103 cm³/mol. The number of allylic oxidation sites excluding steroid dienone is 1. The zero-order valence-electron chi connectivity index (χ0n) is 16.5. The average molecular weight is 450 g/mol. The number of aliphatic imine (C=N–C) groups is 1. The molecule has 166 valence electrons. The van der Waals surface area contributed by atoms with Gasteiger partial charge in [-0.3, -0.25) is 9.78 Å². The van der Waals surface area contributed by atoms with Gasteiger partial charge >= 0.3 is 6.18 Å². The van der Waals surface area contributed by atoms with Crippen molar-refractivity contribution in [1.29, 1.82) is 5.26 Å². The summed E-state index contributed by atoms with van der Waals surface area (Å²) in [5.74, 6) is -1.92. The van der Waals surface area contributed by atoms with Gasteiger partial charge in [0.25, 0.3) is 6.02 Å². The lowest BCUT2D eigenvalue weighted by Crippen LogP contribution is -2.31. The number of carbonyl (C=O) groups is 1. The maximum Gasteiger partial charge on any atom is 0.418 e. The van der Waals surface area contributed by atoms with Crippen LogP contribution in [-0.2, 0) is 22.9 Å². The number of hydrogen-bond donors (Lipinski definition) is 1. The number of ketones is 1. The number of Topliss-reactive ketones (excluding diaryl/α,β-unsaturated/α-hetero) is 1. The molecule has 0 radical (unpaired) electrons. The highest BCUT2D eigenvalue weighted by atomic mass is 19.4. The molecule has 0 aliphatic carbocycles. The minimum absolute atomic E-state index is 0.0798. The number of hydrogen-bond acceptors (Lipinski definition) is 6. The molecule has 1 aromatic carbocycles. The number of aromatic nitrogens is 1. The van der Waals surface area contributed by atoms with Crippen LogP contribution in [0.3, 0.4) is 0 Å². The summed E-state index contributed by atoms with van der Waals surface area (Å²) in [4.78, 5) is 20.1. The van der Waals surface area contributed by atoms with Crippen LogP contribution in [0.15, 0.2) is 47.3 Å². The van der Waals surface area contributed by atoms with Crippen molar-refractivity contribution in [3.8, 4) is 6.07 Å². The van der Waals surface area contributed by atoms with Gasteiger partial charge in [-0.1, -0.05) is 6.07 Å². The number of amidine groups is 1. The first-order valence-corrected chi connectivity index (χ1v) is 9.07. The van der Waals surface area contributed by atoms with Gasteiger partial charge in [-0.2, -0.15) is 18.4 Å². The molecule has 6 nitrogen and oxygen atoms in total. The zero-order valence-corrected chi connectivity index (χ0v) is 16.5. The number of rotatable bonds is 5. The SMILES string of the molecule is C[C@@]1(c2cc(CC(=O)c3ncc(C#N)cc3C(F)(F)F)ccc2F)C=C(CF)OC(N)=N1. The smallest absolute Gasteiger partial charge is 0.418 e. The molecule has 3 rings (SSSR count). The number of nitriles is 1. The first-order valence-electron chi connectivity index (χ1n) is 9.07. The molecule has 0 saturated heterocycles. The summed E-state index contributed by atoms with van der Waals surface area (Å²) in [6.07, 6.45) is -3.37. The number of halogens is 5. The Hall–Kier alpha value is -3.81. The third-order valence-electron chi connectivity index (χ3n) is 4.68. The fraction of sp³-hybridized carbons (Fsp3) is 0.238. The fourth-order valence-corrected chi connectivity index (χ4v) is 3.27. The van der Waals surface area contributed by atoms with Crippen molar-refractivity contribution in [3.63, 3.8) is 0 Å². The van der Waals surface area contributed by atoms with Crippen LogP contribution < -0.4 is 5.73 Å². The van der Waals surface area contributed by atoms with Gasteiger partial charge in [0, 0.05) is 18.2 Å². The van der Waals surface area contributed by atoms with E-state index < -0.39 is 47.7 Å². The molecule has 0 fully saturated rings. The van der Waals surface area contributed by atoms with E-state index in [0.717, 1.165) is 12.3 Å². The largest absolute Gasteiger partial charge is 0.428 e. The molecule has 1 atom stereocenters. The number of ether oxygens (including phenoxy) is 1.